The normalized spacial score (nSPS) is 13.5. The van der Waals surface area contributed by atoms with Gasteiger partial charge in [-0.3, -0.25) is 0 Å². The monoisotopic (exact) mass is 1470 g/mol. The van der Waals surface area contributed by atoms with Crippen LogP contribution in [0.25, 0.3) is 188 Å². The molecule has 23 rings (SSSR count). The van der Waals surface area contributed by atoms with Gasteiger partial charge in [0.25, 0.3) is 0 Å². The fourth-order valence-electron chi connectivity index (χ4n) is 16.7. The van der Waals surface area contributed by atoms with Crippen molar-refractivity contribution in [3.8, 4) is 56.3 Å². The molecule has 14 aromatic carbocycles. The molecule has 0 bridgehead atoms. The van der Waals surface area contributed by atoms with Crippen LogP contribution in [0.3, 0.4) is 0 Å². The molecule has 14 heteroatoms. The summed E-state index contributed by atoms with van der Waals surface area (Å²) < 4.78 is 34.1. The van der Waals surface area contributed by atoms with Crippen molar-refractivity contribution in [3.05, 3.63) is 345 Å². The Kier molecular flexibility index (Phi) is 15.6. The van der Waals surface area contributed by atoms with Crippen LogP contribution in [-0.4, -0.2) is 56.5 Å². The Morgan fingerprint density at radius 2 is 0.616 bits per heavy atom. The third-order valence-electron chi connectivity index (χ3n) is 22.7. The minimum atomic E-state index is -0.414. The third kappa shape index (κ3) is 10.9. The first kappa shape index (κ1) is 66.5. The van der Waals surface area contributed by atoms with E-state index in [-0.39, 0.29) is 0 Å². The Labute approximate surface area is 648 Å². The molecule has 534 valence electrons. The van der Waals surface area contributed by atoms with E-state index in [1.54, 1.807) is 6.33 Å². The molecule has 0 N–H and O–H groups in total. The van der Waals surface area contributed by atoms with Crippen molar-refractivity contribution < 1.29 is 18.1 Å². The lowest BCUT2D eigenvalue weighted by atomic mass is 9.79. The summed E-state index contributed by atoms with van der Waals surface area (Å²) in [4.78, 5) is 17.3. The first-order valence-electron chi connectivity index (χ1n) is 37.7. The zero-order valence-corrected chi connectivity index (χ0v) is 62.3. The lowest BCUT2D eigenvalue weighted by Gasteiger charge is -2.32. The first-order valence-corrected chi connectivity index (χ1v) is 38.0. The van der Waals surface area contributed by atoms with Gasteiger partial charge >= 0.3 is 7.12 Å². The molecule has 1 aliphatic rings. The van der Waals surface area contributed by atoms with Crippen LogP contribution in [0, 0.1) is 0 Å². The molecular formula is C98H68BClN8O4. The van der Waals surface area contributed by atoms with E-state index in [0.29, 0.717) is 16.3 Å². The summed E-state index contributed by atoms with van der Waals surface area (Å²) in [5.74, 6) is 0. The van der Waals surface area contributed by atoms with Crippen molar-refractivity contribution in [2.24, 2.45) is 0 Å². The van der Waals surface area contributed by atoms with E-state index in [4.69, 9.17) is 34.7 Å². The average Bonchev–Trinajstić information content (AvgIpc) is 1.59. The minimum absolute atomic E-state index is 0.353. The standard InChI is InChI=1S/C46H28N4O.C42H35BN2O2.C10H5ClN2O/c1-2-12-32(13-3-1)49-39-18-7-4-15-34(39)37-26-29(21-23-41(37)49)30-22-24-42-38(27-30)35-16-5-8-19-40(35)50(42)33-14-10-11-31(25-33)44-46-45(48-28-47-44)36-17-6-9-20-43(36)51-46;1-41(2)42(3,4)47-43(46-41)30-13-12-16-32(27-30)45-38-20-11-9-18-34(38)36-26-29(22-24-40(36)45)28-21-23-39-35(25-28)33-17-8-10-19-37(33)44(39)31-14-6-5-7-15-31;11-10-9-8(12-5-13-10)6-3-1-2-4-7(6)14-9/h1-28H;5-27H,1-4H3;1-5H. The van der Waals surface area contributed by atoms with Gasteiger partial charge < -0.3 is 36.4 Å². The SMILES string of the molecule is CC1(C)OB(c2cccc(-n3c4ccccc4c4cc(-c5ccc6c(c5)c5ccccc5n6-c5ccccc5)ccc43)c2)OC1(C)C.Clc1ncnc2c1oc1ccccc12.c1ccc(-n2c3ccccc3c3cc(-c4ccc5c(c4)c4ccccc4n5-c4cccc(-c5ncnc6c5oc5ccccc56)c4)ccc32)cc1. The lowest BCUT2D eigenvalue weighted by molar-refractivity contribution is 0.00578. The van der Waals surface area contributed by atoms with Crippen molar-refractivity contribution in [3.63, 3.8) is 0 Å². The van der Waals surface area contributed by atoms with Gasteiger partial charge in [-0.2, -0.15) is 0 Å². The summed E-state index contributed by atoms with van der Waals surface area (Å²) in [6.07, 6.45) is 3.07. The number of para-hydroxylation sites is 8. The molecule has 0 amide bonds. The molecule has 1 fully saturated rings. The second kappa shape index (κ2) is 26.3. The van der Waals surface area contributed by atoms with E-state index in [2.05, 4.69) is 340 Å². The van der Waals surface area contributed by atoms with Gasteiger partial charge in [-0.05, 0) is 201 Å². The number of furan rings is 2. The first-order chi connectivity index (χ1) is 54.9. The van der Waals surface area contributed by atoms with Crippen LogP contribution in [0.5, 0.6) is 0 Å². The molecule has 12 nitrogen and oxygen atoms in total. The Balaban J connectivity index is 0.000000121. The summed E-state index contributed by atoms with van der Waals surface area (Å²) in [5.41, 5.74) is 25.2. The number of aromatic nitrogens is 8. The largest absolute Gasteiger partial charge is 0.494 e. The van der Waals surface area contributed by atoms with Crippen LogP contribution in [0.1, 0.15) is 27.7 Å². The predicted octanol–water partition coefficient (Wildman–Crippen LogP) is 24.8. The summed E-state index contributed by atoms with van der Waals surface area (Å²) in [6, 6.07) is 116. The number of halogens is 1. The van der Waals surface area contributed by atoms with E-state index >= 15 is 0 Å². The van der Waals surface area contributed by atoms with Crippen molar-refractivity contribution in [2.75, 3.05) is 0 Å². The van der Waals surface area contributed by atoms with Gasteiger partial charge in [-0.1, -0.05) is 194 Å². The Bertz CT molecular complexity index is 7500. The number of fused-ring (bicyclic) bond motifs is 18. The van der Waals surface area contributed by atoms with E-state index < -0.39 is 18.3 Å². The molecule has 0 atom stereocenters. The Hall–Kier alpha value is -13.7. The molecule has 9 heterocycles. The molecule has 8 aromatic heterocycles. The van der Waals surface area contributed by atoms with Gasteiger partial charge in [-0.25, -0.2) is 19.9 Å². The van der Waals surface area contributed by atoms with E-state index in [1.807, 2.05) is 48.5 Å². The van der Waals surface area contributed by atoms with E-state index in [0.717, 1.165) is 77.8 Å². The fraction of sp³-hybridized carbons (Fsp3) is 0.0612. The Morgan fingerprint density at radius 1 is 0.277 bits per heavy atom. The predicted molar refractivity (Wildman–Crippen MR) is 459 cm³/mol. The molecule has 22 aromatic rings. The van der Waals surface area contributed by atoms with Crippen molar-refractivity contribution in [1.29, 1.82) is 0 Å². The van der Waals surface area contributed by atoms with Gasteiger partial charge in [0.1, 0.15) is 40.5 Å². The van der Waals surface area contributed by atoms with Crippen LogP contribution in [-0.2, 0) is 9.31 Å². The molecule has 0 spiro atoms. The van der Waals surface area contributed by atoms with Gasteiger partial charge in [0.05, 0.1) is 55.3 Å². The molecule has 1 saturated heterocycles. The maximum atomic E-state index is 6.41. The quantitative estimate of drug-likeness (QED) is 0.109. The molecule has 0 radical (unpaired) electrons. The smallest absolute Gasteiger partial charge is 0.452 e. The Morgan fingerprint density at radius 3 is 1.06 bits per heavy atom. The van der Waals surface area contributed by atoms with Crippen LogP contribution in [0.2, 0.25) is 5.15 Å². The molecule has 0 saturated carbocycles. The van der Waals surface area contributed by atoms with Gasteiger partial charge in [0.2, 0.25) is 0 Å². The highest BCUT2D eigenvalue weighted by atomic mass is 35.5. The summed E-state index contributed by atoms with van der Waals surface area (Å²) >= 11 is 5.88. The van der Waals surface area contributed by atoms with Gasteiger partial charge in [-0.15, -0.1) is 0 Å². The van der Waals surface area contributed by atoms with Gasteiger partial charge in [0, 0.05) is 82.2 Å². The summed E-state index contributed by atoms with van der Waals surface area (Å²) in [7, 11) is -0.414. The van der Waals surface area contributed by atoms with E-state index in [1.165, 1.54) is 110 Å². The molecule has 0 aliphatic carbocycles. The highest BCUT2D eigenvalue weighted by Gasteiger charge is 2.52. The van der Waals surface area contributed by atoms with Crippen molar-refractivity contribution in [1.82, 2.24) is 38.2 Å². The average molecular weight is 1470 g/mol. The number of benzene rings is 14. The molecule has 112 heavy (non-hydrogen) atoms. The summed E-state index contributed by atoms with van der Waals surface area (Å²) in [6.45, 7) is 8.39. The second-order valence-corrected chi connectivity index (χ2v) is 30.0. The van der Waals surface area contributed by atoms with Crippen molar-refractivity contribution >= 4 is 156 Å². The zero-order chi connectivity index (χ0) is 74.9. The lowest BCUT2D eigenvalue weighted by Crippen LogP contribution is -2.41. The third-order valence-corrected chi connectivity index (χ3v) is 23.0. The van der Waals surface area contributed by atoms with E-state index in [9.17, 15) is 0 Å². The minimum Gasteiger partial charge on any atom is -0.452 e. The molecule has 1 aliphatic heterocycles. The number of hydrogen-bond acceptors (Lipinski definition) is 8. The molecule has 0 unspecified atom stereocenters. The van der Waals surface area contributed by atoms with Gasteiger partial charge in [0.15, 0.2) is 16.3 Å². The maximum Gasteiger partial charge on any atom is 0.494 e. The topological polar surface area (TPSA) is 116 Å². The maximum absolute atomic E-state index is 6.41. The van der Waals surface area contributed by atoms with Crippen LogP contribution < -0.4 is 5.46 Å². The molecular weight excluding hydrogens is 1400 g/mol. The van der Waals surface area contributed by atoms with Crippen LogP contribution in [0.15, 0.2) is 349 Å². The second-order valence-electron chi connectivity index (χ2n) is 29.7. The zero-order valence-electron chi connectivity index (χ0n) is 61.5. The number of nitrogens with zero attached hydrogens (tertiary/aromatic N) is 8. The number of hydrogen-bond donors (Lipinski definition) is 0. The van der Waals surface area contributed by atoms with Crippen LogP contribution >= 0.6 is 11.6 Å². The summed E-state index contributed by atoms with van der Waals surface area (Å²) in [5, 5.41) is 12.2. The van der Waals surface area contributed by atoms with Crippen molar-refractivity contribution in [2.45, 2.75) is 38.9 Å². The number of rotatable bonds is 8. The highest BCUT2D eigenvalue weighted by molar-refractivity contribution is 6.62. The van der Waals surface area contributed by atoms with Crippen LogP contribution in [0.4, 0.5) is 0 Å². The fourth-order valence-corrected chi connectivity index (χ4v) is 16.9. The highest BCUT2D eigenvalue weighted by Crippen LogP contribution is 2.44.